The van der Waals surface area contributed by atoms with Crippen molar-refractivity contribution in [3.63, 3.8) is 0 Å². The Morgan fingerprint density at radius 3 is 3.04 bits per heavy atom. The number of amides is 1. The minimum atomic E-state index is -0.836. The van der Waals surface area contributed by atoms with Crippen LogP contribution in [0.1, 0.15) is 23.4 Å². The minimum Gasteiger partial charge on any atom is -0.344 e. The normalized spacial score (nSPS) is 20.9. The number of hydrogen-bond donors (Lipinski definition) is 0. The molecule has 3 heterocycles. The number of halogens is 1. The number of rotatable bonds is 7. The van der Waals surface area contributed by atoms with Gasteiger partial charge in [-0.2, -0.15) is 5.10 Å². The van der Waals surface area contributed by atoms with Gasteiger partial charge in [-0.25, -0.2) is 14.4 Å². The molecule has 1 amide bonds. The number of aryl methyl sites for hydroxylation is 2. The molecule has 3 rings (SSSR count). The van der Waals surface area contributed by atoms with Crippen LogP contribution in [-0.4, -0.2) is 67.8 Å². The fourth-order valence-corrected chi connectivity index (χ4v) is 3.94. The number of aromatic nitrogens is 4. The Hall–Kier alpha value is -1.87. The highest BCUT2D eigenvalue weighted by atomic mass is 32.1. The number of carbonyl (C=O) groups excluding carboxylic acids is 1. The average Bonchev–Trinajstić information content (AvgIpc) is 3.29. The fraction of sp³-hybridized carbons (Fsp3) is 0.625. The highest BCUT2D eigenvalue weighted by Gasteiger charge is 2.33. The molecule has 2 atom stereocenters. The van der Waals surface area contributed by atoms with Gasteiger partial charge >= 0.3 is 0 Å². The van der Waals surface area contributed by atoms with E-state index in [9.17, 15) is 9.18 Å². The van der Waals surface area contributed by atoms with E-state index in [-0.39, 0.29) is 11.9 Å². The monoisotopic (exact) mass is 366 g/mol. The molecular weight excluding hydrogens is 343 g/mol. The molecule has 0 aromatic carbocycles. The zero-order valence-corrected chi connectivity index (χ0v) is 15.3. The highest BCUT2D eigenvalue weighted by Crippen LogP contribution is 2.25. The Morgan fingerprint density at radius 2 is 2.36 bits per heavy atom. The van der Waals surface area contributed by atoms with Crippen LogP contribution in [0.5, 0.6) is 0 Å². The van der Waals surface area contributed by atoms with E-state index in [4.69, 9.17) is 0 Å². The first-order valence-corrected chi connectivity index (χ1v) is 9.24. The fourth-order valence-electron chi connectivity index (χ4n) is 3.14. The van der Waals surface area contributed by atoms with Crippen molar-refractivity contribution < 1.29 is 9.18 Å². The van der Waals surface area contributed by atoms with Crippen molar-refractivity contribution in [3.8, 4) is 0 Å². The number of likely N-dealkylation sites (tertiary alicyclic amines) is 1. The summed E-state index contributed by atoms with van der Waals surface area (Å²) >= 11 is 1.60. The highest BCUT2D eigenvalue weighted by molar-refractivity contribution is 7.09. The van der Waals surface area contributed by atoms with Crippen molar-refractivity contribution in [2.24, 2.45) is 0 Å². The van der Waals surface area contributed by atoms with Gasteiger partial charge in [0.15, 0.2) is 0 Å². The lowest BCUT2D eigenvalue weighted by atomic mass is 10.2. The molecular formula is C16H23FN6OS. The van der Waals surface area contributed by atoms with Crippen LogP contribution in [0.15, 0.2) is 18.2 Å². The van der Waals surface area contributed by atoms with Gasteiger partial charge in [0.2, 0.25) is 5.91 Å². The van der Waals surface area contributed by atoms with Gasteiger partial charge in [-0.15, -0.1) is 11.3 Å². The molecule has 0 unspecified atom stereocenters. The van der Waals surface area contributed by atoms with E-state index in [0.717, 1.165) is 5.69 Å². The van der Waals surface area contributed by atoms with E-state index < -0.39 is 6.17 Å². The second kappa shape index (κ2) is 8.01. The summed E-state index contributed by atoms with van der Waals surface area (Å²) in [4.78, 5) is 25.5. The SMILES string of the molecule is Cc1ncsc1CN1C[C@@H](F)C[C@H]1CN(C)C(=O)CCn1cncn1. The van der Waals surface area contributed by atoms with Crippen LogP contribution in [0.3, 0.4) is 0 Å². The van der Waals surface area contributed by atoms with Crippen LogP contribution in [0, 0.1) is 6.92 Å². The summed E-state index contributed by atoms with van der Waals surface area (Å²) in [5.74, 6) is 0.0340. The summed E-state index contributed by atoms with van der Waals surface area (Å²) < 4.78 is 15.6. The van der Waals surface area contributed by atoms with Crippen molar-refractivity contribution in [1.82, 2.24) is 29.5 Å². The Labute approximate surface area is 150 Å². The maximum atomic E-state index is 14.0. The van der Waals surface area contributed by atoms with Gasteiger partial charge in [0, 0.05) is 44.0 Å². The number of carbonyl (C=O) groups is 1. The topological polar surface area (TPSA) is 67.2 Å². The summed E-state index contributed by atoms with van der Waals surface area (Å²) in [6.07, 6.45) is 3.04. The van der Waals surface area contributed by atoms with Crippen molar-refractivity contribution in [2.45, 2.75) is 45.1 Å². The third kappa shape index (κ3) is 4.60. The zero-order valence-electron chi connectivity index (χ0n) is 14.5. The van der Waals surface area contributed by atoms with Crippen LogP contribution in [0.2, 0.25) is 0 Å². The van der Waals surface area contributed by atoms with E-state index in [1.54, 1.807) is 34.3 Å². The van der Waals surface area contributed by atoms with Crippen molar-refractivity contribution in [3.05, 3.63) is 28.7 Å². The molecule has 7 nitrogen and oxygen atoms in total. The first-order chi connectivity index (χ1) is 12.0. The summed E-state index contributed by atoms with van der Waals surface area (Å²) in [5, 5.41) is 4.00. The van der Waals surface area contributed by atoms with E-state index in [0.29, 0.717) is 39.0 Å². The van der Waals surface area contributed by atoms with Crippen LogP contribution < -0.4 is 0 Å². The van der Waals surface area contributed by atoms with Gasteiger partial charge in [-0.1, -0.05) is 0 Å². The Morgan fingerprint density at radius 1 is 1.52 bits per heavy atom. The third-order valence-corrected chi connectivity index (χ3v) is 5.52. The van der Waals surface area contributed by atoms with Gasteiger partial charge in [-0.3, -0.25) is 14.4 Å². The van der Waals surface area contributed by atoms with Gasteiger partial charge in [0.25, 0.3) is 0 Å². The van der Waals surface area contributed by atoms with Crippen molar-refractivity contribution >= 4 is 17.2 Å². The van der Waals surface area contributed by atoms with Gasteiger partial charge in [0.05, 0.1) is 17.7 Å². The Balaban J connectivity index is 1.53. The minimum absolute atomic E-state index is 0.0340. The molecule has 0 bridgehead atoms. The summed E-state index contributed by atoms with van der Waals surface area (Å²) in [6.45, 7) is 4.13. The molecule has 0 spiro atoms. The molecule has 0 radical (unpaired) electrons. The van der Waals surface area contributed by atoms with Crippen LogP contribution in [-0.2, 0) is 17.9 Å². The molecule has 1 aliphatic rings. The number of hydrogen-bond acceptors (Lipinski definition) is 6. The van der Waals surface area contributed by atoms with E-state index >= 15 is 0 Å². The lowest BCUT2D eigenvalue weighted by molar-refractivity contribution is -0.130. The number of alkyl halides is 1. The molecule has 2 aromatic rings. The van der Waals surface area contributed by atoms with Crippen molar-refractivity contribution in [2.75, 3.05) is 20.1 Å². The lowest BCUT2D eigenvalue weighted by Crippen LogP contribution is -2.41. The van der Waals surface area contributed by atoms with Crippen molar-refractivity contribution in [1.29, 1.82) is 0 Å². The van der Waals surface area contributed by atoms with Gasteiger partial charge in [-0.05, 0) is 13.3 Å². The standard InChI is InChI=1S/C16H23FN6OS/c1-12-15(25-11-19-12)8-22-6-13(17)5-14(22)7-21(2)16(24)3-4-23-10-18-9-20-23/h9-11,13-14H,3-8H2,1-2H3/t13-,14-/m0/s1. The number of likely N-dealkylation sites (N-methyl/N-ethyl adjacent to an activating group) is 1. The van der Waals surface area contributed by atoms with Crippen LogP contribution in [0.25, 0.3) is 0 Å². The average molecular weight is 366 g/mol. The molecule has 136 valence electrons. The molecule has 25 heavy (non-hydrogen) atoms. The van der Waals surface area contributed by atoms with Gasteiger partial charge in [0.1, 0.15) is 18.8 Å². The predicted octanol–water partition coefficient (Wildman–Crippen LogP) is 1.50. The summed E-state index contributed by atoms with van der Waals surface area (Å²) in [6, 6.07) is 0.0387. The predicted molar refractivity (Wildman–Crippen MR) is 92.8 cm³/mol. The maximum absolute atomic E-state index is 14.0. The second-order valence-corrected chi connectivity index (χ2v) is 7.40. The molecule has 0 saturated carbocycles. The maximum Gasteiger partial charge on any atom is 0.224 e. The zero-order chi connectivity index (χ0) is 17.8. The Kier molecular flexibility index (Phi) is 5.74. The first kappa shape index (κ1) is 17.9. The molecule has 9 heteroatoms. The summed E-state index contributed by atoms with van der Waals surface area (Å²) in [5.41, 5.74) is 2.82. The quantitative estimate of drug-likeness (QED) is 0.743. The largest absolute Gasteiger partial charge is 0.344 e. The molecule has 1 saturated heterocycles. The van der Waals surface area contributed by atoms with Crippen LogP contribution >= 0.6 is 11.3 Å². The number of thiazole rings is 1. The van der Waals surface area contributed by atoms with E-state index in [1.165, 1.54) is 11.2 Å². The third-order valence-electron chi connectivity index (χ3n) is 4.60. The smallest absolute Gasteiger partial charge is 0.224 e. The van der Waals surface area contributed by atoms with E-state index in [2.05, 4.69) is 20.0 Å². The second-order valence-electron chi connectivity index (χ2n) is 6.46. The molecule has 2 aromatic heterocycles. The van der Waals surface area contributed by atoms with Crippen LogP contribution in [0.4, 0.5) is 4.39 Å². The van der Waals surface area contributed by atoms with E-state index in [1.807, 2.05) is 12.4 Å². The lowest BCUT2D eigenvalue weighted by Gasteiger charge is -2.28. The molecule has 1 fully saturated rings. The molecule has 1 aliphatic heterocycles. The Bertz CT molecular complexity index is 691. The van der Waals surface area contributed by atoms with Gasteiger partial charge < -0.3 is 4.90 Å². The molecule has 0 N–H and O–H groups in total. The first-order valence-electron chi connectivity index (χ1n) is 8.36. The molecule has 0 aliphatic carbocycles. The summed E-state index contributed by atoms with van der Waals surface area (Å²) in [7, 11) is 1.78. The number of nitrogens with zero attached hydrogens (tertiary/aromatic N) is 6.